The number of benzene rings is 1. The molecule has 0 unspecified atom stereocenters. The van der Waals surface area contributed by atoms with E-state index < -0.39 is 0 Å². The van der Waals surface area contributed by atoms with Gasteiger partial charge in [0.05, 0.1) is 12.8 Å². The lowest BCUT2D eigenvalue weighted by Gasteiger charge is -2.04. The van der Waals surface area contributed by atoms with Gasteiger partial charge >= 0.3 is 6.02 Å². The van der Waals surface area contributed by atoms with Crippen molar-refractivity contribution in [2.45, 2.75) is 13.8 Å². The van der Waals surface area contributed by atoms with Crippen LogP contribution in [0.25, 0.3) is 0 Å². The van der Waals surface area contributed by atoms with Gasteiger partial charge in [-0.15, -0.1) is 0 Å². The summed E-state index contributed by atoms with van der Waals surface area (Å²) in [5.74, 6) is 0. The first kappa shape index (κ1) is 11.1. The van der Waals surface area contributed by atoms with Gasteiger partial charge in [-0.1, -0.05) is 12.1 Å². The van der Waals surface area contributed by atoms with E-state index in [1.54, 1.807) is 6.19 Å². The van der Waals surface area contributed by atoms with Gasteiger partial charge in [-0.2, -0.15) is 10.3 Å². The standard InChI is InChI=1S/C11H13N3O/c1-8-4-5-9(2)10(6-8)14-11(15-3)13-7-12/h4-6H,1-3H3,(H,13,14). The smallest absolute Gasteiger partial charge is 0.303 e. The molecule has 0 aliphatic carbocycles. The molecule has 4 heteroatoms. The van der Waals surface area contributed by atoms with Crippen LogP contribution in [0.5, 0.6) is 0 Å². The lowest BCUT2D eigenvalue weighted by Crippen LogP contribution is -2.19. The van der Waals surface area contributed by atoms with Gasteiger partial charge in [0.25, 0.3) is 0 Å². The van der Waals surface area contributed by atoms with Crippen molar-refractivity contribution in [3.05, 3.63) is 29.3 Å². The van der Waals surface area contributed by atoms with Crippen molar-refractivity contribution in [1.82, 2.24) is 5.32 Å². The maximum absolute atomic E-state index is 8.45. The van der Waals surface area contributed by atoms with Gasteiger partial charge in [0.1, 0.15) is 0 Å². The van der Waals surface area contributed by atoms with E-state index in [2.05, 4.69) is 10.3 Å². The second-order valence-corrected chi connectivity index (χ2v) is 3.15. The zero-order valence-corrected chi connectivity index (χ0v) is 9.03. The van der Waals surface area contributed by atoms with Crippen LogP contribution < -0.4 is 5.32 Å². The van der Waals surface area contributed by atoms with E-state index in [1.165, 1.54) is 7.11 Å². The zero-order chi connectivity index (χ0) is 11.3. The van der Waals surface area contributed by atoms with Crippen LogP contribution in [0.4, 0.5) is 5.69 Å². The average Bonchev–Trinajstić information content (AvgIpc) is 2.22. The summed E-state index contributed by atoms with van der Waals surface area (Å²) >= 11 is 0. The van der Waals surface area contributed by atoms with Crippen molar-refractivity contribution < 1.29 is 4.74 Å². The summed E-state index contributed by atoms with van der Waals surface area (Å²) in [6.45, 7) is 3.95. The number of hydrogen-bond donors (Lipinski definition) is 1. The molecule has 0 bridgehead atoms. The summed E-state index contributed by atoms with van der Waals surface area (Å²) in [7, 11) is 1.47. The Kier molecular flexibility index (Phi) is 3.69. The number of nitrogens with one attached hydrogen (secondary N) is 1. The molecule has 4 nitrogen and oxygen atoms in total. The van der Waals surface area contributed by atoms with Crippen LogP contribution in [0, 0.1) is 25.3 Å². The molecule has 0 amide bonds. The quantitative estimate of drug-likeness (QED) is 0.329. The molecule has 0 heterocycles. The summed E-state index contributed by atoms with van der Waals surface area (Å²) in [6.07, 6.45) is 1.77. The van der Waals surface area contributed by atoms with Crippen LogP contribution in [0.2, 0.25) is 0 Å². The van der Waals surface area contributed by atoms with E-state index in [4.69, 9.17) is 10.00 Å². The summed E-state index contributed by atoms with van der Waals surface area (Å²) in [5, 5.41) is 10.8. The number of methoxy groups -OCH3 is 1. The van der Waals surface area contributed by atoms with Gasteiger partial charge in [0.15, 0.2) is 6.19 Å². The predicted octanol–water partition coefficient (Wildman–Crippen LogP) is 2.01. The van der Waals surface area contributed by atoms with Gasteiger partial charge in [0.2, 0.25) is 0 Å². The second kappa shape index (κ2) is 5.01. The number of rotatable bonds is 1. The molecule has 0 spiro atoms. The lowest BCUT2D eigenvalue weighted by molar-refractivity contribution is 0.389. The van der Waals surface area contributed by atoms with Gasteiger partial charge in [-0.25, -0.2) is 5.32 Å². The number of aliphatic imine (C=N–C) groups is 1. The molecule has 0 aliphatic heterocycles. The van der Waals surface area contributed by atoms with E-state index in [9.17, 15) is 0 Å². The molecule has 0 aromatic heterocycles. The van der Waals surface area contributed by atoms with E-state index in [0.29, 0.717) is 0 Å². The maximum atomic E-state index is 8.45. The summed E-state index contributed by atoms with van der Waals surface area (Å²) in [4.78, 5) is 4.19. The Morgan fingerprint density at radius 2 is 2.20 bits per heavy atom. The Morgan fingerprint density at radius 1 is 1.47 bits per heavy atom. The molecular weight excluding hydrogens is 190 g/mol. The number of nitrogens with zero attached hydrogens (tertiary/aromatic N) is 2. The molecule has 0 saturated carbocycles. The fourth-order valence-corrected chi connectivity index (χ4v) is 1.12. The van der Waals surface area contributed by atoms with Crippen LogP contribution in [0.3, 0.4) is 0 Å². The van der Waals surface area contributed by atoms with Crippen LogP contribution >= 0.6 is 0 Å². The molecule has 0 radical (unpaired) electrons. The van der Waals surface area contributed by atoms with Crippen LogP contribution in [0.1, 0.15) is 11.1 Å². The van der Waals surface area contributed by atoms with Crippen molar-refractivity contribution in [2.75, 3.05) is 7.11 Å². The van der Waals surface area contributed by atoms with E-state index in [1.807, 2.05) is 32.0 Å². The zero-order valence-electron chi connectivity index (χ0n) is 9.03. The van der Waals surface area contributed by atoms with Crippen LogP contribution in [-0.4, -0.2) is 13.1 Å². The number of ether oxygens (including phenoxy) is 1. The summed E-state index contributed by atoms with van der Waals surface area (Å²) < 4.78 is 4.91. The van der Waals surface area contributed by atoms with Crippen molar-refractivity contribution in [3.8, 4) is 6.19 Å². The Labute approximate surface area is 89.2 Å². The number of aryl methyl sites for hydroxylation is 2. The highest BCUT2D eigenvalue weighted by atomic mass is 16.5. The normalized spacial score (nSPS) is 10.7. The van der Waals surface area contributed by atoms with Crippen LogP contribution in [0.15, 0.2) is 23.2 Å². The third-order valence-electron chi connectivity index (χ3n) is 1.94. The molecule has 1 aromatic rings. The molecule has 0 atom stereocenters. The molecule has 15 heavy (non-hydrogen) atoms. The first-order valence-electron chi connectivity index (χ1n) is 4.52. The van der Waals surface area contributed by atoms with Crippen molar-refractivity contribution >= 4 is 11.7 Å². The molecular formula is C11H13N3O. The Bertz CT molecular complexity index is 418. The third kappa shape index (κ3) is 2.99. The highest BCUT2D eigenvalue weighted by Crippen LogP contribution is 2.19. The van der Waals surface area contributed by atoms with Crippen molar-refractivity contribution in [1.29, 1.82) is 5.26 Å². The Morgan fingerprint density at radius 3 is 2.80 bits per heavy atom. The van der Waals surface area contributed by atoms with E-state index in [0.717, 1.165) is 16.8 Å². The SMILES string of the molecule is COC(=Nc1cc(C)ccc1C)NC#N. The van der Waals surface area contributed by atoms with Gasteiger partial charge in [-0.3, -0.25) is 0 Å². The van der Waals surface area contributed by atoms with E-state index >= 15 is 0 Å². The molecule has 0 fully saturated rings. The summed E-state index contributed by atoms with van der Waals surface area (Å²) in [5.41, 5.74) is 2.95. The van der Waals surface area contributed by atoms with Crippen molar-refractivity contribution in [2.24, 2.45) is 4.99 Å². The number of amidine groups is 1. The van der Waals surface area contributed by atoms with E-state index in [-0.39, 0.29) is 6.02 Å². The fraction of sp³-hybridized carbons (Fsp3) is 0.273. The van der Waals surface area contributed by atoms with Crippen LogP contribution in [-0.2, 0) is 4.74 Å². The van der Waals surface area contributed by atoms with Gasteiger partial charge in [0, 0.05) is 0 Å². The molecule has 1 rings (SSSR count). The average molecular weight is 203 g/mol. The third-order valence-corrected chi connectivity index (χ3v) is 1.94. The molecule has 0 aliphatic rings. The minimum atomic E-state index is 0.200. The van der Waals surface area contributed by atoms with Gasteiger partial charge < -0.3 is 4.74 Å². The first-order chi connectivity index (χ1) is 7.17. The lowest BCUT2D eigenvalue weighted by atomic mass is 10.1. The number of nitriles is 1. The fourth-order valence-electron chi connectivity index (χ4n) is 1.12. The van der Waals surface area contributed by atoms with Gasteiger partial charge in [-0.05, 0) is 31.0 Å². The predicted molar refractivity (Wildman–Crippen MR) is 58.8 cm³/mol. The minimum Gasteiger partial charge on any atom is -0.468 e. The largest absolute Gasteiger partial charge is 0.468 e. The monoisotopic (exact) mass is 203 g/mol. The molecule has 1 N–H and O–H groups in total. The molecule has 1 aromatic carbocycles. The molecule has 0 saturated heterocycles. The number of hydrogen-bond acceptors (Lipinski definition) is 3. The molecule has 78 valence electrons. The second-order valence-electron chi connectivity index (χ2n) is 3.15. The highest BCUT2D eigenvalue weighted by Gasteiger charge is 2.00. The summed E-state index contributed by atoms with van der Waals surface area (Å²) in [6, 6.07) is 6.13. The first-order valence-corrected chi connectivity index (χ1v) is 4.52. The Hall–Kier alpha value is -2.02. The Balaban J connectivity index is 3.05. The maximum Gasteiger partial charge on any atom is 0.303 e. The highest BCUT2D eigenvalue weighted by molar-refractivity contribution is 5.78. The topological polar surface area (TPSA) is 57.4 Å². The van der Waals surface area contributed by atoms with Crippen molar-refractivity contribution in [3.63, 3.8) is 0 Å². The minimum absolute atomic E-state index is 0.200.